The Morgan fingerprint density at radius 3 is 0.406 bits per heavy atom. The van der Waals surface area contributed by atoms with Crippen molar-refractivity contribution >= 4 is 278 Å². The van der Waals surface area contributed by atoms with Gasteiger partial charge >= 0.3 is 0 Å². The van der Waals surface area contributed by atoms with Crippen molar-refractivity contribution in [3.63, 3.8) is 0 Å². The molecule has 2 aliphatic heterocycles. The summed E-state index contributed by atoms with van der Waals surface area (Å²) in [7, 11) is 0. The molecule has 10 aliphatic rings. The smallest absolute Gasteiger partial charge is 0.167 e. The molecule has 0 radical (unpaired) electrons. The third-order valence-corrected chi connectivity index (χ3v) is 32.8. The first-order valence-electron chi connectivity index (χ1n) is 18.8. The number of hydrogen-bond donors (Lipinski definition) is 0. The van der Waals surface area contributed by atoms with Gasteiger partial charge in [-0.2, -0.15) is 0 Å². The van der Waals surface area contributed by atoms with Gasteiger partial charge in [-0.1, -0.05) is 186 Å². The van der Waals surface area contributed by atoms with E-state index >= 15 is 0 Å². The third-order valence-electron chi connectivity index (χ3n) is 15.4. The van der Waals surface area contributed by atoms with Crippen LogP contribution in [0.15, 0.2) is 40.3 Å². The number of hydrogen-bond acceptors (Lipinski definition) is 4. The van der Waals surface area contributed by atoms with Gasteiger partial charge in [0.15, 0.2) is 17.3 Å². The Kier molecular flexibility index (Phi) is 14.2. The predicted molar refractivity (Wildman–Crippen MR) is 273 cm³/mol. The lowest BCUT2D eigenvalue weighted by Crippen LogP contribution is -2.46. The number of ether oxygens (including phenoxy) is 4. The minimum absolute atomic E-state index is 0.0751. The molecule has 4 saturated carbocycles. The molecule has 0 aromatic rings. The molecule has 0 N–H and O–H groups in total. The summed E-state index contributed by atoms with van der Waals surface area (Å²) in [4.78, 5) is -11.8. The van der Waals surface area contributed by atoms with Gasteiger partial charge in [0.05, 0.1) is 93.1 Å². The number of alkyl halides is 16. The number of fused-ring (bicyclic) bond motifs is 20. The fourth-order valence-electron chi connectivity index (χ4n) is 12.0. The second-order valence-electron chi connectivity index (χ2n) is 17.5. The van der Waals surface area contributed by atoms with Gasteiger partial charge in [0.2, 0.25) is 0 Å². The summed E-state index contributed by atoms with van der Waals surface area (Å²) in [5, 5.41) is 0.721. The quantitative estimate of drug-likeness (QED) is 0.227. The van der Waals surface area contributed by atoms with Gasteiger partial charge in [-0.05, 0) is 0 Å². The van der Waals surface area contributed by atoms with Crippen LogP contribution in [0.3, 0.4) is 0 Å². The third kappa shape index (κ3) is 5.72. The maximum Gasteiger partial charge on any atom is 0.167 e. The van der Waals surface area contributed by atoms with Crippen LogP contribution in [0.25, 0.3) is 0 Å². The van der Waals surface area contributed by atoms with E-state index in [4.69, 9.17) is 297 Å². The zero-order chi connectivity index (χ0) is 47.7. The first-order valence-corrected chi connectivity index (χ1v) is 27.8. The topological polar surface area (TPSA) is 36.9 Å². The summed E-state index contributed by atoms with van der Waals surface area (Å²) in [5.74, 6) is -4.19. The van der Waals surface area contributed by atoms with Crippen LogP contribution in [0, 0.1) is 47.3 Å². The lowest BCUT2D eigenvalue weighted by molar-refractivity contribution is -0.0288. The van der Waals surface area contributed by atoms with Crippen LogP contribution >= 0.6 is 278 Å². The van der Waals surface area contributed by atoms with Crippen molar-refractivity contribution in [1.29, 1.82) is 0 Å². The molecule has 0 unspecified atom stereocenters. The molecule has 8 aliphatic carbocycles. The number of halogens is 24. The highest BCUT2D eigenvalue weighted by Gasteiger charge is 2.86. The first-order chi connectivity index (χ1) is 29.2. The molecule has 0 aromatic heterocycles. The highest BCUT2D eigenvalue weighted by atomic mass is 35.6. The van der Waals surface area contributed by atoms with Crippen LogP contribution in [-0.2, 0) is 18.9 Å². The average molecular weight is 1370 g/mol. The molecule has 8 bridgehead atoms. The second kappa shape index (κ2) is 16.6. The monoisotopic (exact) mass is 1360 g/mol. The molecule has 16 atom stereocenters. The van der Waals surface area contributed by atoms with Crippen LogP contribution in [0.2, 0.25) is 0 Å². The van der Waals surface area contributed by atoms with Gasteiger partial charge in [0.1, 0.15) is 39.0 Å². The maximum absolute atomic E-state index is 6.93. The predicted octanol–water partition coefficient (Wildman–Crippen LogP) is 16.4. The Labute approximate surface area is 487 Å². The fraction of sp³-hybridized carbons (Fsp3) is 0.778. The van der Waals surface area contributed by atoms with Crippen molar-refractivity contribution < 1.29 is 18.9 Å². The van der Waals surface area contributed by atoms with Gasteiger partial charge in [-0.3, -0.25) is 0 Å². The van der Waals surface area contributed by atoms with Crippen molar-refractivity contribution in [3.05, 3.63) is 40.3 Å². The van der Waals surface area contributed by atoms with E-state index in [0.29, 0.717) is 0 Å². The minimum atomic E-state index is -1.71. The van der Waals surface area contributed by atoms with E-state index < -0.39 is 104 Å². The number of allylic oxidation sites excluding steroid dienone is 8. The SMILES string of the molecule is ClC1=C(Cl)[C@]2(Cl)[C@@H]3COC[C@@H]4[C@H](COC[C@@H]3[C@@]1(Cl)C2(Cl)Cl)[C@]1(Cl)C(Cl)=C(Cl)[C@@]4(Cl)C1(Cl)Cl.ClC1=C(Cl)[C@]2(Cl)[C@@H]3COC[C@@H]4[C@H](COC[C@@H]3[C@@]1(Cl)C2(Cl)Cl)[C@]1(Cl)C(Cl)=C(Cl)[C@@]4(Cl)C1(Cl)Cl. The van der Waals surface area contributed by atoms with E-state index in [0.717, 1.165) is 0 Å². The Balaban J connectivity index is 0.000000162. The van der Waals surface area contributed by atoms with Crippen molar-refractivity contribution in [2.45, 2.75) is 56.3 Å². The molecule has 2 heterocycles. The van der Waals surface area contributed by atoms with Crippen LogP contribution in [-0.4, -0.2) is 109 Å². The zero-order valence-electron chi connectivity index (χ0n) is 31.0. The van der Waals surface area contributed by atoms with Gasteiger partial charge in [-0.15, -0.1) is 92.8 Å². The van der Waals surface area contributed by atoms with E-state index in [2.05, 4.69) is 0 Å². The minimum Gasteiger partial charge on any atom is -0.381 e. The van der Waals surface area contributed by atoms with Crippen LogP contribution in [0.5, 0.6) is 0 Å². The zero-order valence-corrected chi connectivity index (χ0v) is 49.1. The molecule has 360 valence electrons. The highest BCUT2D eigenvalue weighted by molar-refractivity contribution is 6.69. The van der Waals surface area contributed by atoms with Gasteiger partial charge in [0, 0.05) is 47.3 Å². The van der Waals surface area contributed by atoms with E-state index in [1.54, 1.807) is 0 Å². The molecule has 0 amide bonds. The van der Waals surface area contributed by atoms with E-state index in [9.17, 15) is 0 Å². The van der Waals surface area contributed by atoms with Crippen molar-refractivity contribution in [1.82, 2.24) is 0 Å². The summed E-state index contributed by atoms with van der Waals surface area (Å²) < 4.78 is 17.5. The summed E-state index contributed by atoms with van der Waals surface area (Å²) in [6.07, 6.45) is 0. The molecule has 0 spiro atoms. The maximum atomic E-state index is 6.93. The largest absolute Gasteiger partial charge is 0.381 e. The number of rotatable bonds is 0. The van der Waals surface area contributed by atoms with Crippen molar-refractivity contribution in [2.24, 2.45) is 47.3 Å². The molecular weight excluding hydrogens is 1350 g/mol. The lowest BCUT2D eigenvalue weighted by atomic mass is 9.81. The molecule has 4 nitrogen and oxygen atoms in total. The molecule has 6 fully saturated rings. The van der Waals surface area contributed by atoms with Crippen molar-refractivity contribution in [3.8, 4) is 0 Å². The van der Waals surface area contributed by atoms with Gasteiger partial charge < -0.3 is 18.9 Å². The average Bonchev–Trinajstić information content (AvgIpc) is 3.73. The Morgan fingerprint density at radius 2 is 0.312 bits per heavy atom. The molecular formula is C36H24Cl24O4. The fourth-order valence-corrected chi connectivity index (χ4v) is 24.2. The highest BCUT2D eigenvalue weighted by Crippen LogP contribution is 2.81. The summed E-state index contributed by atoms with van der Waals surface area (Å²) in [5.41, 5.74) is 0. The van der Waals surface area contributed by atoms with Gasteiger partial charge in [-0.25, -0.2) is 0 Å². The molecule has 0 aromatic carbocycles. The van der Waals surface area contributed by atoms with Crippen LogP contribution < -0.4 is 0 Å². The summed E-state index contributed by atoms with van der Waals surface area (Å²) in [6.45, 7) is 0.601. The standard InChI is InChI=1S/2C18H12Cl12O2/c2*19-9-10(20)14(24)6-3-32-4-8-7(2-31-1-5(6)13(9,23)17(14,27)28)15(25)11(21)12(22)16(8,26)18(15,29)30/h2*5-8H,1-4H2/t2*5-,6+,7-,8+,13-,14+,15-,16+. The summed E-state index contributed by atoms with van der Waals surface area (Å²) >= 11 is 161. The lowest BCUT2D eigenvalue weighted by Gasteiger charge is -2.41. The molecule has 28 heteroatoms. The van der Waals surface area contributed by atoms with Crippen molar-refractivity contribution in [2.75, 3.05) is 52.9 Å². The van der Waals surface area contributed by atoms with E-state index in [-0.39, 0.29) is 93.1 Å². The Hall–Kier alpha value is 5.76. The molecule has 2 saturated heterocycles. The van der Waals surface area contributed by atoms with Crippen LogP contribution in [0.4, 0.5) is 0 Å². The van der Waals surface area contributed by atoms with Crippen LogP contribution in [0.1, 0.15) is 0 Å². The van der Waals surface area contributed by atoms with Gasteiger partial charge in [0.25, 0.3) is 0 Å². The second-order valence-corrected chi connectivity index (χ2v) is 30.6. The first kappa shape index (κ1) is 54.5. The Morgan fingerprint density at radius 1 is 0.219 bits per heavy atom. The Bertz CT molecular complexity index is 1800. The van der Waals surface area contributed by atoms with E-state index in [1.807, 2.05) is 0 Å². The normalized spacial score (nSPS) is 53.6. The molecule has 64 heavy (non-hydrogen) atoms. The summed E-state index contributed by atoms with van der Waals surface area (Å²) in [6, 6.07) is 0. The van der Waals surface area contributed by atoms with E-state index in [1.165, 1.54) is 0 Å². The molecule has 10 rings (SSSR count).